The van der Waals surface area contributed by atoms with Gasteiger partial charge >= 0.3 is 5.97 Å². The van der Waals surface area contributed by atoms with E-state index in [2.05, 4.69) is 5.32 Å². The summed E-state index contributed by atoms with van der Waals surface area (Å²) in [5.74, 6) is -0.450. The number of rotatable bonds is 5. The number of carboxylic acids is 1. The van der Waals surface area contributed by atoms with Crippen LogP contribution in [0, 0.1) is 6.92 Å². The molecule has 0 aliphatic carbocycles. The summed E-state index contributed by atoms with van der Waals surface area (Å²) in [6.07, 6.45) is 0. The number of furan rings is 1. The first-order valence-corrected chi connectivity index (χ1v) is 6.31. The predicted molar refractivity (Wildman–Crippen MR) is 78.5 cm³/mol. The van der Waals surface area contributed by atoms with Crippen LogP contribution in [0.15, 0.2) is 34.7 Å². The summed E-state index contributed by atoms with van der Waals surface area (Å²) < 4.78 is 5.18. The average Bonchev–Trinajstić information content (AvgIpc) is 2.78. The number of aromatic carboxylic acids is 1. The van der Waals surface area contributed by atoms with Gasteiger partial charge in [0, 0.05) is 37.6 Å². The minimum absolute atomic E-state index is 0.0265. The Bertz CT molecular complexity index is 617. The molecule has 2 rings (SSSR count). The molecule has 0 aliphatic heterocycles. The molecule has 0 spiro atoms. The lowest BCUT2D eigenvalue weighted by molar-refractivity contribution is 0.0661. The van der Waals surface area contributed by atoms with E-state index in [4.69, 9.17) is 9.52 Å². The lowest BCUT2D eigenvalue weighted by Gasteiger charge is -2.14. The summed E-state index contributed by atoms with van der Waals surface area (Å²) in [4.78, 5) is 12.9. The number of hydrogen-bond acceptors (Lipinski definition) is 4. The summed E-state index contributed by atoms with van der Waals surface area (Å²) in [6.45, 7) is 2.29. The molecule has 0 bridgehead atoms. The molecule has 2 N–H and O–H groups in total. The van der Waals surface area contributed by atoms with Gasteiger partial charge in [-0.3, -0.25) is 0 Å². The van der Waals surface area contributed by atoms with Crippen LogP contribution >= 0.6 is 0 Å². The summed E-state index contributed by atoms with van der Waals surface area (Å²) in [5.41, 5.74) is 2.93. The number of benzene rings is 1. The van der Waals surface area contributed by atoms with Crippen LogP contribution in [-0.2, 0) is 6.54 Å². The van der Waals surface area contributed by atoms with Crippen LogP contribution in [0.5, 0.6) is 0 Å². The third-order valence-corrected chi connectivity index (χ3v) is 3.08. The van der Waals surface area contributed by atoms with Gasteiger partial charge < -0.3 is 19.7 Å². The number of nitrogens with zero attached hydrogens (tertiary/aromatic N) is 1. The van der Waals surface area contributed by atoms with Gasteiger partial charge in [0.05, 0.1) is 0 Å². The maximum absolute atomic E-state index is 10.8. The van der Waals surface area contributed by atoms with Crippen molar-refractivity contribution in [2.45, 2.75) is 13.5 Å². The fourth-order valence-electron chi connectivity index (χ4n) is 1.89. The first-order chi connectivity index (χ1) is 9.47. The lowest BCUT2D eigenvalue weighted by Crippen LogP contribution is -2.09. The van der Waals surface area contributed by atoms with Gasteiger partial charge in [-0.2, -0.15) is 0 Å². The van der Waals surface area contributed by atoms with Crippen molar-refractivity contribution in [2.24, 2.45) is 0 Å². The molecule has 1 aromatic heterocycles. The number of carboxylic acid groups (broad SMARTS) is 1. The van der Waals surface area contributed by atoms with Gasteiger partial charge in [-0.1, -0.05) is 6.07 Å². The van der Waals surface area contributed by atoms with Crippen molar-refractivity contribution in [3.05, 3.63) is 47.4 Å². The molecule has 106 valence electrons. The van der Waals surface area contributed by atoms with Crippen molar-refractivity contribution in [1.82, 2.24) is 0 Å². The third kappa shape index (κ3) is 3.12. The Labute approximate surface area is 117 Å². The number of anilines is 2. The standard InChI is InChI=1S/C15H18N2O3/c1-10-11(7-14(20-10)15(18)19)9-16-12-5-4-6-13(8-12)17(2)3/h4-8,16H,9H2,1-3H3,(H,18,19). The number of aryl methyl sites for hydroxylation is 1. The fourth-order valence-corrected chi connectivity index (χ4v) is 1.89. The first kappa shape index (κ1) is 14.0. The second-order valence-electron chi connectivity index (χ2n) is 4.80. The van der Waals surface area contributed by atoms with Crippen LogP contribution in [-0.4, -0.2) is 25.2 Å². The topological polar surface area (TPSA) is 65.7 Å². The smallest absolute Gasteiger partial charge is 0.371 e. The van der Waals surface area contributed by atoms with Crippen LogP contribution in [0.1, 0.15) is 21.9 Å². The van der Waals surface area contributed by atoms with E-state index in [9.17, 15) is 4.79 Å². The monoisotopic (exact) mass is 274 g/mol. The minimum Gasteiger partial charge on any atom is -0.475 e. The Balaban J connectivity index is 2.09. The van der Waals surface area contributed by atoms with Crippen LogP contribution < -0.4 is 10.2 Å². The molecule has 1 aromatic carbocycles. The quantitative estimate of drug-likeness (QED) is 0.877. The van der Waals surface area contributed by atoms with E-state index < -0.39 is 5.97 Å². The van der Waals surface area contributed by atoms with Gasteiger partial charge in [0.1, 0.15) is 5.76 Å². The SMILES string of the molecule is Cc1oc(C(=O)O)cc1CNc1cccc(N(C)C)c1. The van der Waals surface area contributed by atoms with Crippen LogP contribution in [0.3, 0.4) is 0 Å². The average molecular weight is 274 g/mol. The van der Waals surface area contributed by atoms with Crippen LogP contribution in [0.25, 0.3) is 0 Å². The Morgan fingerprint density at radius 3 is 2.70 bits per heavy atom. The number of hydrogen-bond donors (Lipinski definition) is 2. The predicted octanol–water partition coefficient (Wildman–Crippen LogP) is 2.96. The van der Waals surface area contributed by atoms with E-state index in [0.29, 0.717) is 12.3 Å². The molecule has 5 heteroatoms. The maximum atomic E-state index is 10.8. The van der Waals surface area contributed by atoms with Gasteiger partial charge in [-0.15, -0.1) is 0 Å². The fraction of sp³-hybridized carbons (Fsp3) is 0.267. The molecule has 2 aromatic rings. The van der Waals surface area contributed by atoms with Crippen molar-refractivity contribution < 1.29 is 14.3 Å². The molecular weight excluding hydrogens is 256 g/mol. The van der Waals surface area contributed by atoms with Gasteiger partial charge in [-0.05, 0) is 31.2 Å². The molecule has 0 saturated heterocycles. The highest BCUT2D eigenvalue weighted by molar-refractivity contribution is 5.84. The van der Waals surface area contributed by atoms with E-state index in [1.807, 2.05) is 43.3 Å². The Kier molecular flexibility index (Phi) is 3.98. The zero-order chi connectivity index (χ0) is 14.7. The summed E-state index contributed by atoms with van der Waals surface area (Å²) in [7, 11) is 3.97. The zero-order valence-electron chi connectivity index (χ0n) is 11.8. The molecule has 0 aliphatic rings. The highest BCUT2D eigenvalue weighted by atomic mass is 16.4. The largest absolute Gasteiger partial charge is 0.475 e. The minimum atomic E-state index is -1.05. The second-order valence-corrected chi connectivity index (χ2v) is 4.80. The van der Waals surface area contributed by atoms with Crippen LogP contribution in [0.4, 0.5) is 11.4 Å². The molecule has 0 atom stereocenters. The molecule has 0 unspecified atom stereocenters. The van der Waals surface area contributed by atoms with Crippen LogP contribution in [0.2, 0.25) is 0 Å². The van der Waals surface area contributed by atoms with E-state index in [-0.39, 0.29) is 5.76 Å². The Morgan fingerprint density at radius 2 is 2.10 bits per heavy atom. The summed E-state index contributed by atoms with van der Waals surface area (Å²) in [6, 6.07) is 9.56. The molecule has 0 radical (unpaired) electrons. The Hall–Kier alpha value is -2.43. The highest BCUT2D eigenvalue weighted by Gasteiger charge is 2.12. The zero-order valence-corrected chi connectivity index (χ0v) is 11.8. The maximum Gasteiger partial charge on any atom is 0.371 e. The Morgan fingerprint density at radius 1 is 1.35 bits per heavy atom. The molecule has 1 heterocycles. The van der Waals surface area contributed by atoms with Gasteiger partial charge in [0.25, 0.3) is 0 Å². The van der Waals surface area contributed by atoms with E-state index in [1.165, 1.54) is 0 Å². The highest BCUT2D eigenvalue weighted by Crippen LogP contribution is 2.20. The van der Waals surface area contributed by atoms with E-state index in [0.717, 1.165) is 16.9 Å². The van der Waals surface area contributed by atoms with Crippen molar-refractivity contribution in [3.63, 3.8) is 0 Å². The van der Waals surface area contributed by atoms with Crippen molar-refractivity contribution in [3.8, 4) is 0 Å². The number of nitrogens with one attached hydrogen (secondary N) is 1. The van der Waals surface area contributed by atoms with E-state index >= 15 is 0 Å². The molecule has 0 amide bonds. The summed E-state index contributed by atoms with van der Waals surface area (Å²) >= 11 is 0. The van der Waals surface area contributed by atoms with Gasteiger partial charge in [0.15, 0.2) is 0 Å². The molecule has 20 heavy (non-hydrogen) atoms. The van der Waals surface area contributed by atoms with Crippen molar-refractivity contribution in [2.75, 3.05) is 24.3 Å². The number of carbonyl (C=O) groups is 1. The molecule has 5 nitrogen and oxygen atoms in total. The third-order valence-electron chi connectivity index (χ3n) is 3.08. The van der Waals surface area contributed by atoms with Crippen molar-refractivity contribution >= 4 is 17.3 Å². The first-order valence-electron chi connectivity index (χ1n) is 6.31. The normalized spacial score (nSPS) is 10.3. The van der Waals surface area contributed by atoms with Gasteiger partial charge in [-0.25, -0.2) is 4.79 Å². The van der Waals surface area contributed by atoms with Crippen molar-refractivity contribution in [1.29, 1.82) is 0 Å². The molecular formula is C15H18N2O3. The van der Waals surface area contributed by atoms with Gasteiger partial charge in [0.2, 0.25) is 5.76 Å². The van der Waals surface area contributed by atoms with E-state index in [1.54, 1.807) is 13.0 Å². The molecule has 0 saturated carbocycles. The lowest BCUT2D eigenvalue weighted by atomic mass is 10.2. The summed E-state index contributed by atoms with van der Waals surface area (Å²) in [5, 5.41) is 12.2. The second kappa shape index (κ2) is 5.69. The molecule has 0 fully saturated rings.